The molecule has 0 aliphatic carbocycles. The van der Waals surface area contributed by atoms with Crippen molar-refractivity contribution < 1.29 is 14.3 Å². The van der Waals surface area contributed by atoms with Gasteiger partial charge in [0.15, 0.2) is 6.61 Å². The van der Waals surface area contributed by atoms with E-state index in [2.05, 4.69) is 16.0 Å². The molecule has 0 radical (unpaired) electrons. The molecule has 1 aromatic carbocycles. The highest BCUT2D eigenvalue weighted by Gasteiger charge is 2.20. The summed E-state index contributed by atoms with van der Waals surface area (Å²) in [7, 11) is 0. The quantitative estimate of drug-likeness (QED) is 0.734. The minimum absolute atomic E-state index is 0.00931. The monoisotopic (exact) mass is 275 g/mol. The highest BCUT2D eigenvalue weighted by molar-refractivity contribution is 5.99. The molecule has 0 spiro atoms. The molecule has 3 N–H and O–H groups in total. The van der Waals surface area contributed by atoms with Gasteiger partial charge in [-0.1, -0.05) is 0 Å². The van der Waals surface area contributed by atoms with Crippen LogP contribution in [0.4, 0.5) is 5.69 Å². The molecule has 1 fully saturated rings. The molecule has 0 unspecified atom stereocenters. The Morgan fingerprint density at radius 3 is 3.10 bits per heavy atom. The molecule has 2 heterocycles. The minimum Gasteiger partial charge on any atom is -0.482 e. The molecule has 0 aromatic heterocycles. The van der Waals surface area contributed by atoms with Crippen molar-refractivity contribution >= 4 is 17.5 Å². The van der Waals surface area contributed by atoms with Crippen LogP contribution in [0, 0.1) is 0 Å². The van der Waals surface area contributed by atoms with Crippen LogP contribution in [-0.2, 0) is 4.79 Å². The van der Waals surface area contributed by atoms with Gasteiger partial charge in [0.05, 0.1) is 5.69 Å². The van der Waals surface area contributed by atoms with Crippen LogP contribution in [0.2, 0.25) is 0 Å². The average molecular weight is 275 g/mol. The van der Waals surface area contributed by atoms with E-state index in [1.54, 1.807) is 18.2 Å². The third kappa shape index (κ3) is 2.75. The van der Waals surface area contributed by atoms with Crippen molar-refractivity contribution in [3.8, 4) is 5.75 Å². The van der Waals surface area contributed by atoms with Gasteiger partial charge < -0.3 is 20.7 Å². The Morgan fingerprint density at radius 2 is 2.30 bits per heavy atom. The first-order valence-electron chi connectivity index (χ1n) is 6.80. The standard InChI is InChI=1S/C14H17N3O3/c18-13-8-20-12-6-9(3-4-11(12)17-13)14(19)16-10-2-1-5-15-7-10/h3-4,6,10,15H,1-2,5,7-8H2,(H,16,19)(H,17,18)/t10-/m0/s1. The summed E-state index contributed by atoms with van der Waals surface area (Å²) in [4.78, 5) is 23.4. The molecule has 1 saturated heterocycles. The number of amides is 2. The lowest BCUT2D eigenvalue weighted by molar-refractivity contribution is -0.118. The van der Waals surface area contributed by atoms with Crippen molar-refractivity contribution in [3.63, 3.8) is 0 Å². The molecule has 20 heavy (non-hydrogen) atoms. The highest BCUT2D eigenvalue weighted by atomic mass is 16.5. The number of anilines is 1. The minimum atomic E-state index is -0.178. The summed E-state index contributed by atoms with van der Waals surface area (Å²) in [5, 5.41) is 8.97. The van der Waals surface area contributed by atoms with Crippen molar-refractivity contribution in [2.24, 2.45) is 0 Å². The zero-order valence-electron chi connectivity index (χ0n) is 11.1. The van der Waals surface area contributed by atoms with E-state index in [0.29, 0.717) is 17.0 Å². The van der Waals surface area contributed by atoms with Crippen molar-refractivity contribution in [3.05, 3.63) is 23.8 Å². The first-order valence-corrected chi connectivity index (χ1v) is 6.80. The lowest BCUT2D eigenvalue weighted by atomic mass is 10.1. The number of ether oxygens (including phenoxy) is 1. The molecule has 2 aliphatic heterocycles. The number of hydrogen-bond donors (Lipinski definition) is 3. The van der Waals surface area contributed by atoms with Crippen molar-refractivity contribution in [2.75, 3.05) is 25.0 Å². The number of benzene rings is 1. The van der Waals surface area contributed by atoms with Gasteiger partial charge in [-0.3, -0.25) is 9.59 Å². The third-order valence-electron chi connectivity index (χ3n) is 3.51. The van der Waals surface area contributed by atoms with Crippen LogP contribution in [-0.4, -0.2) is 37.6 Å². The van der Waals surface area contributed by atoms with Gasteiger partial charge in [-0.25, -0.2) is 0 Å². The fourth-order valence-electron chi connectivity index (χ4n) is 2.46. The number of hydrogen-bond acceptors (Lipinski definition) is 4. The second-order valence-corrected chi connectivity index (χ2v) is 5.06. The Morgan fingerprint density at radius 1 is 1.40 bits per heavy atom. The molecule has 6 nitrogen and oxygen atoms in total. The first kappa shape index (κ1) is 12.9. The predicted octanol–water partition coefficient (Wildman–Crippen LogP) is 0.499. The van der Waals surface area contributed by atoms with Crippen LogP contribution < -0.4 is 20.7 Å². The van der Waals surface area contributed by atoms with E-state index < -0.39 is 0 Å². The van der Waals surface area contributed by atoms with E-state index in [1.165, 1.54) is 0 Å². The van der Waals surface area contributed by atoms with Gasteiger partial charge in [0.2, 0.25) is 0 Å². The zero-order chi connectivity index (χ0) is 13.9. The number of nitrogens with one attached hydrogen (secondary N) is 3. The molecular formula is C14H17N3O3. The fourth-order valence-corrected chi connectivity index (χ4v) is 2.46. The molecule has 1 aromatic rings. The highest BCUT2D eigenvalue weighted by Crippen LogP contribution is 2.28. The van der Waals surface area contributed by atoms with Gasteiger partial charge >= 0.3 is 0 Å². The van der Waals surface area contributed by atoms with Gasteiger partial charge in [0.25, 0.3) is 11.8 Å². The first-order chi connectivity index (χ1) is 9.72. The Hall–Kier alpha value is -2.08. The number of carbonyl (C=O) groups excluding carboxylic acids is 2. The van der Waals surface area contributed by atoms with Crippen LogP contribution in [0.1, 0.15) is 23.2 Å². The zero-order valence-corrected chi connectivity index (χ0v) is 11.1. The number of piperidine rings is 1. The number of fused-ring (bicyclic) bond motifs is 1. The van der Waals surface area contributed by atoms with Gasteiger partial charge in [-0.15, -0.1) is 0 Å². The van der Waals surface area contributed by atoms with Crippen molar-refractivity contribution in [2.45, 2.75) is 18.9 Å². The normalized spacial score (nSPS) is 21.4. The lowest BCUT2D eigenvalue weighted by Gasteiger charge is -2.24. The molecular weight excluding hydrogens is 258 g/mol. The fraction of sp³-hybridized carbons (Fsp3) is 0.429. The molecule has 0 saturated carbocycles. The van der Waals surface area contributed by atoms with E-state index in [0.717, 1.165) is 25.9 Å². The Bertz CT molecular complexity index is 538. The number of carbonyl (C=O) groups is 2. The van der Waals surface area contributed by atoms with Gasteiger partial charge in [0.1, 0.15) is 5.75 Å². The van der Waals surface area contributed by atoms with E-state index in [1.807, 2.05) is 0 Å². The second-order valence-electron chi connectivity index (χ2n) is 5.06. The number of rotatable bonds is 2. The topological polar surface area (TPSA) is 79.5 Å². The summed E-state index contributed by atoms with van der Waals surface area (Å²) in [5.74, 6) is 0.254. The van der Waals surface area contributed by atoms with Crippen LogP contribution in [0.3, 0.4) is 0 Å². The summed E-state index contributed by atoms with van der Waals surface area (Å²) < 4.78 is 5.31. The third-order valence-corrected chi connectivity index (χ3v) is 3.51. The summed E-state index contributed by atoms with van der Waals surface area (Å²) >= 11 is 0. The Kier molecular flexibility index (Phi) is 3.56. The van der Waals surface area contributed by atoms with Crippen molar-refractivity contribution in [1.29, 1.82) is 0 Å². The summed E-state index contributed by atoms with van der Waals surface area (Å²) in [6.07, 6.45) is 2.07. The van der Waals surface area contributed by atoms with Gasteiger partial charge in [0, 0.05) is 18.2 Å². The van der Waals surface area contributed by atoms with Crippen molar-refractivity contribution in [1.82, 2.24) is 10.6 Å². The summed E-state index contributed by atoms with van der Waals surface area (Å²) in [5.41, 5.74) is 1.16. The second kappa shape index (κ2) is 5.50. The maximum atomic E-state index is 12.2. The summed E-state index contributed by atoms with van der Waals surface area (Å²) in [6, 6.07) is 5.23. The maximum absolute atomic E-state index is 12.2. The summed E-state index contributed by atoms with van der Waals surface area (Å²) in [6.45, 7) is 1.81. The lowest BCUT2D eigenvalue weighted by Crippen LogP contribution is -2.45. The van der Waals surface area contributed by atoms with Crippen LogP contribution >= 0.6 is 0 Å². The molecule has 3 rings (SSSR count). The van der Waals surface area contributed by atoms with Gasteiger partial charge in [-0.2, -0.15) is 0 Å². The molecule has 106 valence electrons. The van der Waals surface area contributed by atoms with E-state index in [-0.39, 0.29) is 24.5 Å². The predicted molar refractivity (Wildman–Crippen MR) is 73.9 cm³/mol. The molecule has 0 bridgehead atoms. The average Bonchev–Trinajstić information content (AvgIpc) is 2.47. The van der Waals surface area contributed by atoms with Crippen LogP contribution in [0.25, 0.3) is 0 Å². The van der Waals surface area contributed by atoms with E-state index in [9.17, 15) is 9.59 Å². The molecule has 2 aliphatic rings. The molecule has 1 atom stereocenters. The molecule has 6 heteroatoms. The maximum Gasteiger partial charge on any atom is 0.262 e. The van der Waals surface area contributed by atoms with Gasteiger partial charge in [-0.05, 0) is 37.6 Å². The SMILES string of the molecule is O=C1COc2cc(C(=O)N[C@H]3CCCNC3)ccc2N1. The van der Waals surface area contributed by atoms with Crippen LogP contribution in [0.15, 0.2) is 18.2 Å². The van der Waals surface area contributed by atoms with E-state index >= 15 is 0 Å². The van der Waals surface area contributed by atoms with E-state index in [4.69, 9.17) is 4.74 Å². The Balaban J connectivity index is 1.70. The smallest absolute Gasteiger partial charge is 0.262 e. The van der Waals surface area contributed by atoms with Crippen LogP contribution in [0.5, 0.6) is 5.75 Å². The molecule has 2 amide bonds. The Labute approximate surface area is 116 Å². The largest absolute Gasteiger partial charge is 0.482 e.